The minimum absolute atomic E-state index is 0.633. The largest absolute Gasteiger partial charge is 0.303 e. The normalized spacial score (nSPS) is 15.4. The zero-order valence-corrected chi connectivity index (χ0v) is 13.1. The molecular weight excluding hydrogens is 276 g/mol. The third-order valence-electron chi connectivity index (χ3n) is 3.33. The fraction of sp³-hybridized carbons (Fsp3) is 0.615. The Hall–Kier alpha value is -1.01. The van der Waals surface area contributed by atoms with Crippen LogP contribution in [0.15, 0.2) is 0 Å². The van der Waals surface area contributed by atoms with Gasteiger partial charge in [-0.1, -0.05) is 13.8 Å². The zero-order valence-electron chi connectivity index (χ0n) is 11.4. The van der Waals surface area contributed by atoms with Crippen LogP contribution in [-0.4, -0.2) is 19.7 Å². The van der Waals surface area contributed by atoms with Gasteiger partial charge in [0.1, 0.15) is 0 Å². The second-order valence-corrected chi connectivity index (χ2v) is 7.08. The summed E-state index contributed by atoms with van der Waals surface area (Å²) in [6.45, 7) is 4.46. The Morgan fingerprint density at radius 1 is 1.47 bits per heavy atom. The molecule has 102 valence electrons. The lowest BCUT2D eigenvalue weighted by Gasteiger charge is -1.99. The molecule has 1 saturated carbocycles. The number of aromatic nitrogens is 4. The van der Waals surface area contributed by atoms with Crippen LogP contribution in [0.2, 0.25) is 0 Å². The van der Waals surface area contributed by atoms with Crippen molar-refractivity contribution in [2.45, 2.75) is 39.0 Å². The summed E-state index contributed by atoms with van der Waals surface area (Å²) in [7, 11) is 1.96. The third-order valence-corrected chi connectivity index (χ3v) is 4.78. The van der Waals surface area contributed by atoms with E-state index in [-0.39, 0.29) is 0 Å². The summed E-state index contributed by atoms with van der Waals surface area (Å²) in [5.41, 5.74) is 1.23. The van der Waals surface area contributed by atoms with E-state index in [1.54, 1.807) is 11.3 Å². The van der Waals surface area contributed by atoms with Gasteiger partial charge < -0.3 is 4.57 Å². The van der Waals surface area contributed by atoms with Gasteiger partial charge in [-0.3, -0.25) is 5.10 Å². The lowest BCUT2D eigenvalue weighted by atomic mass is 10.1. The van der Waals surface area contributed by atoms with E-state index < -0.39 is 0 Å². The highest BCUT2D eigenvalue weighted by molar-refractivity contribution is 7.71. The van der Waals surface area contributed by atoms with Crippen molar-refractivity contribution in [3.63, 3.8) is 0 Å². The Balaban J connectivity index is 2.06. The van der Waals surface area contributed by atoms with Crippen molar-refractivity contribution in [1.29, 1.82) is 0 Å². The highest BCUT2D eigenvalue weighted by Crippen LogP contribution is 2.45. The molecule has 6 heteroatoms. The maximum absolute atomic E-state index is 5.20. The number of H-pyrrole nitrogens is 1. The molecule has 4 nitrogen and oxygen atoms in total. The SMILES string of the molecule is CC(C)Cc1nc(C2CC2)c(-c2n[nH]c(=S)n2C)s1. The summed E-state index contributed by atoms with van der Waals surface area (Å²) >= 11 is 6.98. The number of hydrogen-bond acceptors (Lipinski definition) is 4. The quantitative estimate of drug-likeness (QED) is 0.875. The van der Waals surface area contributed by atoms with Crippen LogP contribution in [0.25, 0.3) is 10.7 Å². The summed E-state index contributed by atoms with van der Waals surface area (Å²) < 4.78 is 2.60. The second-order valence-electron chi connectivity index (χ2n) is 5.61. The number of thiazole rings is 1. The molecule has 0 aliphatic heterocycles. The van der Waals surface area contributed by atoms with Crippen LogP contribution in [0.5, 0.6) is 0 Å². The topological polar surface area (TPSA) is 46.5 Å². The Kier molecular flexibility index (Phi) is 3.30. The monoisotopic (exact) mass is 294 g/mol. The van der Waals surface area contributed by atoms with Crippen LogP contribution in [-0.2, 0) is 13.5 Å². The van der Waals surface area contributed by atoms with Gasteiger partial charge in [-0.05, 0) is 31.0 Å². The summed E-state index contributed by atoms with van der Waals surface area (Å²) in [5, 5.41) is 8.45. The van der Waals surface area contributed by atoms with Gasteiger partial charge >= 0.3 is 0 Å². The summed E-state index contributed by atoms with van der Waals surface area (Å²) in [6.07, 6.45) is 3.55. The maximum atomic E-state index is 5.20. The fourth-order valence-corrected chi connectivity index (χ4v) is 3.68. The van der Waals surface area contributed by atoms with Crippen LogP contribution in [0.3, 0.4) is 0 Å². The van der Waals surface area contributed by atoms with Gasteiger partial charge in [-0.25, -0.2) is 4.98 Å². The van der Waals surface area contributed by atoms with Crippen LogP contribution in [0.4, 0.5) is 0 Å². The van der Waals surface area contributed by atoms with Gasteiger partial charge in [0.15, 0.2) is 10.6 Å². The molecule has 2 aromatic rings. The minimum atomic E-state index is 0.633. The molecule has 0 saturated heterocycles. The van der Waals surface area contributed by atoms with E-state index in [0.717, 1.165) is 12.2 Å². The van der Waals surface area contributed by atoms with E-state index >= 15 is 0 Å². The van der Waals surface area contributed by atoms with Crippen molar-refractivity contribution in [2.75, 3.05) is 0 Å². The van der Waals surface area contributed by atoms with Gasteiger partial charge in [0.05, 0.1) is 15.6 Å². The highest BCUT2D eigenvalue weighted by atomic mass is 32.1. The van der Waals surface area contributed by atoms with Gasteiger partial charge in [0.25, 0.3) is 0 Å². The molecule has 0 spiro atoms. The van der Waals surface area contributed by atoms with Crippen LogP contribution < -0.4 is 0 Å². The van der Waals surface area contributed by atoms with Gasteiger partial charge in [0, 0.05) is 19.4 Å². The molecule has 2 heterocycles. The van der Waals surface area contributed by atoms with Gasteiger partial charge in [0.2, 0.25) is 0 Å². The standard InChI is InChI=1S/C13H18N4S2/c1-7(2)6-9-14-10(8-4-5-8)11(19-9)12-15-16-13(18)17(12)3/h7-8H,4-6H2,1-3H3,(H,16,18). The van der Waals surface area contributed by atoms with Crippen molar-refractivity contribution in [1.82, 2.24) is 19.7 Å². The predicted molar refractivity (Wildman–Crippen MR) is 80.0 cm³/mol. The molecule has 0 amide bonds. The Morgan fingerprint density at radius 3 is 2.74 bits per heavy atom. The van der Waals surface area contributed by atoms with E-state index in [4.69, 9.17) is 17.2 Å². The molecule has 2 aromatic heterocycles. The minimum Gasteiger partial charge on any atom is -0.303 e. The summed E-state index contributed by atoms with van der Waals surface area (Å²) in [5.74, 6) is 2.20. The molecule has 1 aliphatic carbocycles. The molecule has 1 N–H and O–H groups in total. The van der Waals surface area contributed by atoms with Crippen molar-refractivity contribution >= 4 is 23.6 Å². The first-order valence-corrected chi connectivity index (χ1v) is 7.90. The Morgan fingerprint density at radius 2 is 2.21 bits per heavy atom. The molecule has 3 rings (SSSR count). The molecule has 0 aromatic carbocycles. The van der Waals surface area contributed by atoms with Crippen molar-refractivity contribution in [3.05, 3.63) is 15.5 Å². The van der Waals surface area contributed by atoms with Crippen LogP contribution in [0.1, 0.15) is 43.3 Å². The van der Waals surface area contributed by atoms with E-state index in [1.165, 1.54) is 28.4 Å². The first kappa shape index (κ1) is 13.0. The van der Waals surface area contributed by atoms with Crippen molar-refractivity contribution in [3.8, 4) is 10.7 Å². The Bertz CT molecular complexity index is 646. The molecule has 0 unspecified atom stereocenters. The van der Waals surface area contributed by atoms with E-state index in [9.17, 15) is 0 Å². The number of hydrogen-bond donors (Lipinski definition) is 1. The van der Waals surface area contributed by atoms with Gasteiger partial charge in [-0.15, -0.1) is 11.3 Å². The molecule has 0 bridgehead atoms. The smallest absolute Gasteiger partial charge is 0.195 e. The number of nitrogens with zero attached hydrogens (tertiary/aromatic N) is 3. The number of nitrogens with one attached hydrogen (secondary N) is 1. The Labute approximate surface area is 121 Å². The molecular formula is C13H18N4S2. The average Bonchev–Trinajstić information content (AvgIpc) is 3.03. The van der Waals surface area contributed by atoms with Crippen LogP contribution in [0, 0.1) is 10.7 Å². The van der Waals surface area contributed by atoms with Crippen LogP contribution >= 0.6 is 23.6 Å². The highest BCUT2D eigenvalue weighted by Gasteiger charge is 2.31. The van der Waals surface area contributed by atoms with E-state index in [0.29, 0.717) is 16.6 Å². The molecule has 0 radical (unpaired) electrons. The summed E-state index contributed by atoms with van der Waals surface area (Å²) in [4.78, 5) is 6.06. The van der Waals surface area contributed by atoms with E-state index in [1.807, 2.05) is 11.6 Å². The van der Waals surface area contributed by atoms with Crippen molar-refractivity contribution in [2.24, 2.45) is 13.0 Å². The molecule has 19 heavy (non-hydrogen) atoms. The number of rotatable bonds is 4. The molecule has 1 aliphatic rings. The number of aromatic amines is 1. The summed E-state index contributed by atoms with van der Waals surface area (Å²) in [6, 6.07) is 0. The maximum Gasteiger partial charge on any atom is 0.195 e. The van der Waals surface area contributed by atoms with Gasteiger partial charge in [-0.2, -0.15) is 5.10 Å². The predicted octanol–water partition coefficient (Wildman–Crippen LogP) is 3.68. The molecule has 0 atom stereocenters. The average molecular weight is 294 g/mol. The lowest BCUT2D eigenvalue weighted by molar-refractivity contribution is 0.643. The first-order valence-electron chi connectivity index (χ1n) is 6.67. The third kappa shape index (κ3) is 2.51. The van der Waals surface area contributed by atoms with Crippen molar-refractivity contribution < 1.29 is 0 Å². The lowest BCUT2D eigenvalue weighted by Crippen LogP contribution is -1.94. The fourth-order valence-electron chi connectivity index (χ4n) is 2.16. The second kappa shape index (κ2) is 4.83. The first-order chi connectivity index (χ1) is 9.06. The molecule has 1 fully saturated rings. The van der Waals surface area contributed by atoms with E-state index in [2.05, 4.69) is 24.0 Å². The zero-order chi connectivity index (χ0) is 13.6.